The van der Waals surface area contributed by atoms with Gasteiger partial charge in [-0.1, -0.05) is 17.9 Å². The lowest BCUT2D eigenvalue weighted by Gasteiger charge is -2.40. The number of hydrogen-bond acceptors (Lipinski definition) is 6. The molecule has 3 heterocycles. The Kier molecular flexibility index (Phi) is 8.52. The number of nitrogens with zero attached hydrogens (tertiary/aromatic N) is 2. The van der Waals surface area contributed by atoms with Gasteiger partial charge in [0.2, 0.25) is 5.91 Å². The Bertz CT molecular complexity index is 1240. The van der Waals surface area contributed by atoms with Gasteiger partial charge in [-0.2, -0.15) is 0 Å². The molecular weight excluding hydrogens is 484 g/mol. The summed E-state index contributed by atoms with van der Waals surface area (Å²) in [6.07, 6.45) is 1.01. The second kappa shape index (κ2) is 11.8. The van der Waals surface area contributed by atoms with Gasteiger partial charge >= 0.3 is 0 Å². The van der Waals surface area contributed by atoms with Crippen LogP contribution in [0.25, 0.3) is 10.9 Å². The number of aromatic nitrogens is 1. The van der Waals surface area contributed by atoms with Crippen molar-refractivity contribution in [2.24, 2.45) is 5.41 Å². The van der Waals surface area contributed by atoms with E-state index < -0.39 is 24.2 Å². The number of nitrogens with one attached hydrogen (secondary N) is 1. The molecule has 1 aliphatic rings. The molecule has 1 aromatic carbocycles. The number of halogens is 2. The molecule has 1 atom stereocenters. The Labute approximate surface area is 213 Å². The van der Waals surface area contributed by atoms with Gasteiger partial charge in [-0.3, -0.25) is 19.9 Å². The number of alkyl halides is 2. The highest BCUT2D eigenvalue weighted by molar-refractivity contribution is 7.10. The average Bonchev–Trinajstić information content (AvgIpc) is 3.44. The summed E-state index contributed by atoms with van der Waals surface area (Å²) in [4.78, 5) is 20.1. The molecule has 0 unspecified atom stereocenters. The summed E-state index contributed by atoms with van der Waals surface area (Å²) in [7, 11) is 1.51. The van der Waals surface area contributed by atoms with Crippen molar-refractivity contribution in [2.75, 3.05) is 26.7 Å². The van der Waals surface area contributed by atoms with Crippen molar-refractivity contribution in [3.05, 3.63) is 57.9 Å². The number of benzene rings is 1. The van der Waals surface area contributed by atoms with Gasteiger partial charge in [0.25, 0.3) is 0 Å². The van der Waals surface area contributed by atoms with Gasteiger partial charge in [-0.15, -0.1) is 11.3 Å². The van der Waals surface area contributed by atoms with Crippen LogP contribution in [0.2, 0.25) is 0 Å². The number of piperidine rings is 1. The van der Waals surface area contributed by atoms with Crippen molar-refractivity contribution in [1.82, 2.24) is 15.4 Å². The Morgan fingerprint density at radius 1 is 1.36 bits per heavy atom. The monoisotopic (exact) mass is 513 g/mol. The highest BCUT2D eigenvalue weighted by atomic mass is 32.1. The highest BCUT2D eigenvalue weighted by Crippen LogP contribution is 2.41. The lowest BCUT2D eigenvalue weighted by molar-refractivity contribution is -0.143. The van der Waals surface area contributed by atoms with Crippen LogP contribution in [0.15, 0.2) is 41.9 Å². The van der Waals surface area contributed by atoms with E-state index >= 15 is 4.39 Å². The Hall–Kier alpha value is -3.06. The molecule has 1 fully saturated rings. The van der Waals surface area contributed by atoms with Gasteiger partial charge in [-0.05, 0) is 55.3 Å². The fraction of sp³-hybridized carbons (Fsp3) is 0.407. The van der Waals surface area contributed by atoms with Crippen LogP contribution in [0.1, 0.15) is 47.9 Å². The molecule has 0 aliphatic carbocycles. The summed E-state index contributed by atoms with van der Waals surface area (Å²) in [5, 5.41) is 11.9. The maximum Gasteiger partial charge on any atom is 0.249 e. The van der Waals surface area contributed by atoms with Gasteiger partial charge in [0.15, 0.2) is 0 Å². The second-order valence-corrected chi connectivity index (χ2v) is 9.94. The van der Waals surface area contributed by atoms with E-state index in [1.54, 1.807) is 35.0 Å². The molecule has 3 aromatic rings. The fourth-order valence-electron chi connectivity index (χ4n) is 4.82. The summed E-state index contributed by atoms with van der Waals surface area (Å²) in [5.74, 6) is 6.31. The normalized spacial score (nSPS) is 16.2. The van der Waals surface area contributed by atoms with Crippen molar-refractivity contribution < 1.29 is 23.5 Å². The minimum absolute atomic E-state index is 0.00886. The van der Waals surface area contributed by atoms with Crippen molar-refractivity contribution in [1.29, 1.82) is 0 Å². The van der Waals surface area contributed by atoms with E-state index in [4.69, 9.17) is 4.74 Å². The molecule has 0 bridgehead atoms. The summed E-state index contributed by atoms with van der Waals surface area (Å²) in [6, 6.07) is 9.02. The standard InChI is InChI=1S/C27H29F2N3O3S/c1-35-20-6-7-24-22(16-20)25(19(17-28)18-30-24)23(29)8-9-27(26(33)31-34)10-13-32(14-11-27)12-2-4-21-5-3-15-36-21/h3,5-7,15-16,18,23,34H,8-14,17H2,1H3,(H,31,33)/t23-/m1/s1. The van der Waals surface area contributed by atoms with Crippen LogP contribution in [-0.4, -0.2) is 47.7 Å². The first-order chi connectivity index (χ1) is 17.5. The number of rotatable bonds is 8. The summed E-state index contributed by atoms with van der Waals surface area (Å²) in [5.41, 5.74) is 1.85. The van der Waals surface area contributed by atoms with E-state index in [-0.39, 0.29) is 24.0 Å². The number of fused-ring (bicyclic) bond motifs is 1. The molecule has 0 saturated carbocycles. The summed E-state index contributed by atoms with van der Waals surface area (Å²) in [6.45, 7) is 0.939. The number of methoxy groups -OCH3 is 1. The smallest absolute Gasteiger partial charge is 0.249 e. The first-order valence-electron chi connectivity index (χ1n) is 11.8. The van der Waals surface area contributed by atoms with Crippen molar-refractivity contribution >= 4 is 28.1 Å². The van der Waals surface area contributed by atoms with Crippen LogP contribution in [0.3, 0.4) is 0 Å². The Balaban J connectivity index is 1.48. The van der Waals surface area contributed by atoms with E-state index in [0.29, 0.717) is 49.1 Å². The largest absolute Gasteiger partial charge is 0.497 e. The van der Waals surface area contributed by atoms with E-state index in [1.807, 2.05) is 17.5 Å². The maximum absolute atomic E-state index is 15.8. The molecule has 1 saturated heterocycles. The molecule has 36 heavy (non-hydrogen) atoms. The van der Waals surface area contributed by atoms with Crippen LogP contribution >= 0.6 is 11.3 Å². The molecule has 0 spiro atoms. The molecule has 2 aromatic heterocycles. The molecule has 6 nitrogen and oxygen atoms in total. The highest BCUT2D eigenvalue weighted by Gasteiger charge is 2.41. The third-order valence-electron chi connectivity index (χ3n) is 6.96. The van der Waals surface area contributed by atoms with E-state index in [0.717, 1.165) is 4.88 Å². The van der Waals surface area contributed by atoms with Gasteiger partial charge < -0.3 is 4.74 Å². The van der Waals surface area contributed by atoms with E-state index in [1.165, 1.54) is 13.3 Å². The first-order valence-corrected chi connectivity index (χ1v) is 12.7. The van der Waals surface area contributed by atoms with Crippen LogP contribution in [0.5, 0.6) is 5.75 Å². The fourth-order valence-corrected chi connectivity index (χ4v) is 5.41. The lowest BCUT2D eigenvalue weighted by Crippen LogP contribution is -2.48. The van der Waals surface area contributed by atoms with Gasteiger partial charge in [0, 0.05) is 35.8 Å². The zero-order valence-corrected chi connectivity index (χ0v) is 20.9. The molecule has 0 radical (unpaired) electrons. The summed E-state index contributed by atoms with van der Waals surface area (Å²) < 4.78 is 34.8. The Morgan fingerprint density at radius 2 is 2.17 bits per heavy atom. The SMILES string of the molecule is COc1ccc2ncc(CF)c([C@H](F)CCC3(C(=O)NO)CCN(CC#Cc4cccs4)CC3)c2c1. The molecule has 2 N–H and O–H groups in total. The number of carbonyl (C=O) groups excluding carboxylic acids is 1. The predicted molar refractivity (Wildman–Crippen MR) is 135 cm³/mol. The molecular formula is C27H29F2N3O3S. The molecule has 190 valence electrons. The molecule has 4 rings (SSSR count). The maximum atomic E-state index is 15.8. The van der Waals surface area contributed by atoms with Gasteiger partial charge in [-0.25, -0.2) is 14.3 Å². The minimum atomic E-state index is -1.51. The number of carbonyl (C=O) groups is 1. The number of hydrogen-bond donors (Lipinski definition) is 2. The van der Waals surface area contributed by atoms with Gasteiger partial charge in [0.05, 0.1) is 29.5 Å². The zero-order valence-electron chi connectivity index (χ0n) is 20.1. The zero-order chi connectivity index (χ0) is 25.5. The topological polar surface area (TPSA) is 74.7 Å². The molecule has 9 heteroatoms. The number of pyridine rings is 1. The minimum Gasteiger partial charge on any atom is -0.497 e. The molecule has 1 amide bonds. The Morgan fingerprint density at radius 3 is 2.83 bits per heavy atom. The van der Waals surface area contributed by atoms with Crippen LogP contribution in [-0.2, 0) is 11.5 Å². The average molecular weight is 514 g/mol. The van der Waals surface area contributed by atoms with Crippen LogP contribution in [0.4, 0.5) is 8.78 Å². The van der Waals surface area contributed by atoms with E-state index in [2.05, 4.69) is 21.7 Å². The number of amides is 1. The van der Waals surface area contributed by atoms with Crippen LogP contribution in [0, 0.1) is 17.3 Å². The third kappa shape index (κ3) is 5.67. The summed E-state index contributed by atoms with van der Waals surface area (Å²) >= 11 is 1.59. The van der Waals surface area contributed by atoms with E-state index in [9.17, 15) is 14.4 Å². The number of hydroxylamine groups is 1. The second-order valence-electron chi connectivity index (χ2n) is 9.00. The van der Waals surface area contributed by atoms with Crippen LogP contribution < -0.4 is 10.2 Å². The number of ether oxygens (including phenoxy) is 1. The quantitative estimate of drug-likeness (QED) is 0.246. The lowest BCUT2D eigenvalue weighted by atomic mass is 9.73. The first kappa shape index (κ1) is 26.0. The predicted octanol–water partition coefficient (Wildman–Crippen LogP) is 5.20. The van der Waals surface area contributed by atoms with Gasteiger partial charge in [0.1, 0.15) is 18.6 Å². The number of likely N-dealkylation sites (tertiary alicyclic amines) is 1. The molecule has 1 aliphatic heterocycles. The van der Waals surface area contributed by atoms with Crippen molar-refractivity contribution in [2.45, 2.75) is 38.5 Å². The van der Waals surface area contributed by atoms with Crippen molar-refractivity contribution in [3.8, 4) is 17.6 Å². The number of thiophene rings is 1. The third-order valence-corrected chi connectivity index (χ3v) is 7.75. The van der Waals surface area contributed by atoms with Crippen molar-refractivity contribution in [3.63, 3.8) is 0 Å².